The van der Waals surface area contributed by atoms with Gasteiger partial charge in [0.15, 0.2) is 0 Å². The van der Waals surface area contributed by atoms with Crippen molar-refractivity contribution in [2.45, 2.75) is 84.5 Å². The fourth-order valence-electron chi connectivity index (χ4n) is 2.96. The molecule has 17 heavy (non-hydrogen) atoms. The first-order valence-electron chi connectivity index (χ1n) is 7.76. The Kier molecular flexibility index (Phi) is 7.55. The molecule has 0 bridgehead atoms. The molecule has 0 spiro atoms. The number of rotatable bonds is 9. The van der Waals surface area contributed by atoms with Crippen LogP contribution in [0.2, 0.25) is 0 Å². The van der Waals surface area contributed by atoms with E-state index in [1.54, 1.807) is 0 Å². The molecule has 0 aromatic heterocycles. The molecule has 2 atom stereocenters. The zero-order chi connectivity index (χ0) is 12.5. The van der Waals surface area contributed by atoms with Gasteiger partial charge in [-0.05, 0) is 31.6 Å². The van der Waals surface area contributed by atoms with E-state index in [9.17, 15) is 4.79 Å². The number of hydrogen-bond donors (Lipinski definition) is 0. The Bertz CT molecular complexity index is 210. The molecule has 0 amide bonds. The van der Waals surface area contributed by atoms with Crippen LogP contribution in [0.5, 0.6) is 0 Å². The second-order valence-electron chi connectivity index (χ2n) is 5.95. The Morgan fingerprint density at radius 1 is 1.00 bits per heavy atom. The van der Waals surface area contributed by atoms with Gasteiger partial charge in [-0.3, -0.25) is 4.79 Å². The lowest BCUT2D eigenvalue weighted by Crippen LogP contribution is -2.10. The molecule has 0 aliphatic heterocycles. The van der Waals surface area contributed by atoms with E-state index >= 15 is 0 Å². The lowest BCUT2D eigenvalue weighted by Gasteiger charge is -2.08. The van der Waals surface area contributed by atoms with Crippen LogP contribution < -0.4 is 0 Å². The van der Waals surface area contributed by atoms with Crippen molar-refractivity contribution >= 4 is 5.78 Å². The summed E-state index contributed by atoms with van der Waals surface area (Å²) in [6.45, 7) is 4.53. The molecule has 0 aromatic rings. The van der Waals surface area contributed by atoms with Gasteiger partial charge in [-0.15, -0.1) is 0 Å². The van der Waals surface area contributed by atoms with Crippen molar-refractivity contribution in [2.24, 2.45) is 11.8 Å². The van der Waals surface area contributed by atoms with Crippen LogP contribution in [0.15, 0.2) is 0 Å². The smallest absolute Gasteiger partial charge is 0.135 e. The third-order valence-electron chi connectivity index (χ3n) is 4.18. The molecule has 1 rings (SSSR count). The van der Waals surface area contributed by atoms with Crippen LogP contribution in [0.3, 0.4) is 0 Å². The molecule has 0 N–H and O–H groups in total. The van der Waals surface area contributed by atoms with Crippen LogP contribution in [0.1, 0.15) is 84.5 Å². The summed E-state index contributed by atoms with van der Waals surface area (Å²) in [7, 11) is 0. The molecule has 0 saturated heterocycles. The highest BCUT2D eigenvalue weighted by molar-refractivity contribution is 5.81. The lowest BCUT2D eigenvalue weighted by atomic mass is 9.96. The Labute approximate surface area is 107 Å². The minimum atomic E-state index is 0.421. The quantitative estimate of drug-likeness (QED) is 0.509. The van der Waals surface area contributed by atoms with Crippen LogP contribution in [-0.2, 0) is 4.79 Å². The molecular weight excluding hydrogens is 208 g/mol. The van der Waals surface area contributed by atoms with Gasteiger partial charge >= 0.3 is 0 Å². The van der Waals surface area contributed by atoms with E-state index in [1.165, 1.54) is 44.9 Å². The fraction of sp³-hybridized carbons (Fsp3) is 0.938. The summed E-state index contributed by atoms with van der Waals surface area (Å²) in [5.74, 6) is 1.77. The summed E-state index contributed by atoms with van der Waals surface area (Å²) >= 11 is 0. The normalized spacial score (nSPS) is 24.1. The van der Waals surface area contributed by atoms with Crippen molar-refractivity contribution in [3.63, 3.8) is 0 Å². The summed E-state index contributed by atoms with van der Waals surface area (Å²) < 4.78 is 0. The van der Waals surface area contributed by atoms with Crippen molar-refractivity contribution in [3.05, 3.63) is 0 Å². The highest BCUT2D eigenvalue weighted by Gasteiger charge is 2.26. The van der Waals surface area contributed by atoms with E-state index in [0.29, 0.717) is 11.7 Å². The Balaban J connectivity index is 1.93. The zero-order valence-corrected chi connectivity index (χ0v) is 11.8. The third-order valence-corrected chi connectivity index (χ3v) is 4.18. The maximum atomic E-state index is 11.9. The van der Waals surface area contributed by atoms with E-state index in [0.717, 1.165) is 31.6 Å². The molecule has 2 unspecified atom stereocenters. The number of unbranched alkanes of at least 4 members (excludes halogenated alkanes) is 6. The number of Topliss-reactive ketones (excluding diaryl/α,β-unsaturated/α-hetero) is 1. The summed E-state index contributed by atoms with van der Waals surface area (Å²) in [5, 5.41) is 0. The summed E-state index contributed by atoms with van der Waals surface area (Å²) in [6, 6.07) is 0. The fourth-order valence-corrected chi connectivity index (χ4v) is 2.96. The SMILES string of the molecule is CCCCCCCCCC(=O)C1CCC(C)C1. The minimum Gasteiger partial charge on any atom is -0.299 e. The first-order chi connectivity index (χ1) is 8.24. The standard InChI is InChI=1S/C16H30O/c1-3-4-5-6-7-8-9-10-16(17)15-12-11-14(2)13-15/h14-15H,3-13H2,1-2H3. The van der Waals surface area contributed by atoms with Gasteiger partial charge in [0.2, 0.25) is 0 Å². The highest BCUT2D eigenvalue weighted by atomic mass is 16.1. The average Bonchev–Trinajstić information content (AvgIpc) is 2.74. The topological polar surface area (TPSA) is 17.1 Å². The third kappa shape index (κ3) is 6.24. The molecule has 1 fully saturated rings. The largest absolute Gasteiger partial charge is 0.299 e. The van der Waals surface area contributed by atoms with Gasteiger partial charge < -0.3 is 0 Å². The molecule has 1 saturated carbocycles. The summed E-state index contributed by atoms with van der Waals surface area (Å²) in [5.41, 5.74) is 0. The van der Waals surface area contributed by atoms with E-state index in [1.807, 2.05) is 0 Å². The molecule has 1 nitrogen and oxygen atoms in total. The van der Waals surface area contributed by atoms with Crippen LogP contribution in [0.4, 0.5) is 0 Å². The molecule has 0 heterocycles. The van der Waals surface area contributed by atoms with Gasteiger partial charge in [0, 0.05) is 12.3 Å². The molecule has 0 radical (unpaired) electrons. The maximum Gasteiger partial charge on any atom is 0.135 e. The lowest BCUT2D eigenvalue weighted by molar-refractivity contribution is -0.122. The highest BCUT2D eigenvalue weighted by Crippen LogP contribution is 2.31. The van der Waals surface area contributed by atoms with Gasteiger partial charge in [0.25, 0.3) is 0 Å². The van der Waals surface area contributed by atoms with E-state index < -0.39 is 0 Å². The Morgan fingerprint density at radius 3 is 2.24 bits per heavy atom. The van der Waals surface area contributed by atoms with E-state index in [2.05, 4.69) is 13.8 Å². The summed E-state index contributed by atoms with van der Waals surface area (Å²) in [6.07, 6.45) is 13.6. The number of carbonyl (C=O) groups excluding carboxylic acids is 1. The Morgan fingerprint density at radius 2 is 1.65 bits per heavy atom. The Hall–Kier alpha value is -0.330. The number of hydrogen-bond acceptors (Lipinski definition) is 1. The zero-order valence-electron chi connectivity index (χ0n) is 11.8. The van der Waals surface area contributed by atoms with Crippen LogP contribution in [0.25, 0.3) is 0 Å². The van der Waals surface area contributed by atoms with Crippen LogP contribution in [-0.4, -0.2) is 5.78 Å². The minimum absolute atomic E-state index is 0.421. The summed E-state index contributed by atoms with van der Waals surface area (Å²) in [4.78, 5) is 11.9. The van der Waals surface area contributed by atoms with E-state index in [-0.39, 0.29) is 0 Å². The van der Waals surface area contributed by atoms with Gasteiger partial charge in [0.05, 0.1) is 0 Å². The molecular formula is C16H30O. The second kappa shape index (κ2) is 8.72. The molecule has 100 valence electrons. The first kappa shape index (κ1) is 14.7. The molecule has 0 aromatic carbocycles. The maximum absolute atomic E-state index is 11.9. The van der Waals surface area contributed by atoms with Crippen molar-refractivity contribution in [3.8, 4) is 0 Å². The predicted octanol–water partition coefficient (Wildman–Crippen LogP) is 5.13. The average molecular weight is 238 g/mol. The first-order valence-corrected chi connectivity index (χ1v) is 7.76. The molecule has 1 heteroatoms. The van der Waals surface area contributed by atoms with Gasteiger partial charge in [0.1, 0.15) is 5.78 Å². The predicted molar refractivity (Wildman–Crippen MR) is 74.1 cm³/mol. The van der Waals surface area contributed by atoms with Gasteiger partial charge in [-0.1, -0.05) is 52.4 Å². The van der Waals surface area contributed by atoms with Crippen molar-refractivity contribution in [1.29, 1.82) is 0 Å². The van der Waals surface area contributed by atoms with Gasteiger partial charge in [-0.25, -0.2) is 0 Å². The number of carbonyl (C=O) groups is 1. The van der Waals surface area contributed by atoms with Gasteiger partial charge in [-0.2, -0.15) is 0 Å². The van der Waals surface area contributed by atoms with Crippen molar-refractivity contribution in [2.75, 3.05) is 0 Å². The number of ketones is 1. The van der Waals surface area contributed by atoms with Crippen LogP contribution >= 0.6 is 0 Å². The van der Waals surface area contributed by atoms with Crippen molar-refractivity contribution in [1.82, 2.24) is 0 Å². The van der Waals surface area contributed by atoms with E-state index in [4.69, 9.17) is 0 Å². The van der Waals surface area contributed by atoms with Crippen LogP contribution in [0, 0.1) is 11.8 Å². The second-order valence-corrected chi connectivity index (χ2v) is 5.95. The molecule has 1 aliphatic carbocycles. The van der Waals surface area contributed by atoms with Crippen molar-refractivity contribution < 1.29 is 4.79 Å². The monoisotopic (exact) mass is 238 g/mol. The molecule has 1 aliphatic rings.